The van der Waals surface area contributed by atoms with Crippen LogP contribution in [0.3, 0.4) is 0 Å². The minimum Gasteiger partial charge on any atom is -2.00 e. The Labute approximate surface area is 534 Å². The third kappa shape index (κ3) is 103. The van der Waals surface area contributed by atoms with Gasteiger partial charge in [0.25, 0.3) is 0 Å². The van der Waals surface area contributed by atoms with Crippen LogP contribution in [0.5, 0.6) is 0 Å². The molecular formula is C40H88Mo3O11P4S12. The topological polar surface area (TPSA) is 125 Å². The van der Waals surface area contributed by atoms with Crippen LogP contribution in [0.25, 0.3) is 0 Å². The van der Waals surface area contributed by atoms with Crippen molar-refractivity contribution < 1.29 is 106 Å². The van der Waals surface area contributed by atoms with E-state index in [1.54, 1.807) is 0 Å². The van der Waals surface area contributed by atoms with Crippen LogP contribution in [0.2, 0.25) is 0 Å². The van der Waals surface area contributed by atoms with Gasteiger partial charge >= 0.3 is 69.5 Å². The first-order valence-corrected chi connectivity index (χ1v) is 40.5. The average molecular weight is 1540 g/mol. The van der Waals surface area contributed by atoms with Crippen LogP contribution in [0.1, 0.15) is 209 Å². The molecule has 0 aromatic rings. The van der Waals surface area contributed by atoms with E-state index in [4.69, 9.17) is 143 Å². The Kier molecular flexibility index (Phi) is 123. The third-order valence-electron chi connectivity index (χ3n) is 7.98. The molecule has 0 aliphatic carbocycles. The molecule has 0 aliphatic heterocycles. The number of hydrogen-bond acceptors (Lipinski definition) is 19. The van der Waals surface area contributed by atoms with Gasteiger partial charge in [-0.05, 0) is 51.4 Å². The van der Waals surface area contributed by atoms with Gasteiger partial charge in [0.05, 0.1) is 75.6 Å². The van der Waals surface area contributed by atoms with Crippen molar-refractivity contribution >= 4 is 173 Å². The largest absolute Gasteiger partial charge is 2.00 e. The van der Waals surface area contributed by atoms with Crippen molar-refractivity contribution in [2.75, 3.05) is 52.9 Å². The van der Waals surface area contributed by atoms with Gasteiger partial charge in [0.15, 0.2) is 0 Å². The molecule has 30 heteroatoms. The molecule has 0 saturated heterocycles. The van der Waals surface area contributed by atoms with Crippen molar-refractivity contribution in [3.63, 3.8) is 0 Å². The molecule has 0 saturated carbocycles. The number of hydrogen-bond donors (Lipinski definition) is 0. The minimum atomic E-state index is -2.36. The normalized spacial score (nSPS) is 10.5. The van der Waals surface area contributed by atoms with Crippen molar-refractivity contribution in [3.05, 3.63) is 0 Å². The zero-order valence-corrected chi connectivity index (χ0v) is 62.4. The smallest absolute Gasteiger partial charge is 2.00 e. The molecule has 0 unspecified atom stereocenters. The summed E-state index contributed by atoms with van der Waals surface area (Å²) in [5.74, 6) is 0. The summed E-state index contributed by atoms with van der Waals surface area (Å²) < 4.78 is 68.2. The molecule has 0 bridgehead atoms. The Morgan fingerprint density at radius 1 is 0.257 bits per heavy atom. The fourth-order valence-corrected chi connectivity index (χ4v) is 11.1. The number of rotatable bonds is 40. The van der Waals surface area contributed by atoms with Crippen molar-refractivity contribution in [1.82, 2.24) is 0 Å². The summed E-state index contributed by atoms with van der Waals surface area (Å²) in [6.07, 6.45) is 27.0. The molecule has 70 heavy (non-hydrogen) atoms. The van der Waals surface area contributed by atoms with Crippen LogP contribution in [0, 0.1) is 0 Å². The Balaban J connectivity index is -0.0000000696. The van der Waals surface area contributed by atoms with Gasteiger partial charge < -0.3 is 139 Å². The van der Waals surface area contributed by atoms with Gasteiger partial charge in [-0.1, -0.05) is 205 Å². The van der Waals surface area contributed by atoms with E-state index in [2.05, 4.69) is 55.4 Å². The van der Waals surface area contributed by atoms with Crippen molar-refractivity contribution in [2.45, 2.75) is 209 Å². The fourth-order valence-electron chi connectivity index (χ4n) is 4.38. The molecule has 0 aromatic heterocycles. The molecule has 0 heterocycles. The molecule has 0 aliphatic rings. The molecule has 0 N–H and O–H groups in total. The second-order valence-corrected chi connectivity index (χ2v) is 34.1. The maximum Gasteiger partial charge on any atom is -2.00 e. The van der Waals surface area contributed by atoms with E-state index in [0.717, 1.165) is 51.4 Å². The monoisotopic (exact) mass is 1550 g/mol. The minimum absolute atomic E-state index is 0. The Morgan fingerprint density at radius 2 is 0.343 bits per heavy atom. The summed E-state index contributed by atoms with van der Waals surface area (Å²) in [5, 5.41) is 0. The third-order valence-corrected chi connectivity index (χ3v) is 17.0. The molecule has 0 aromatic carbocycles. The van der Waals surface area contributed by atoms with E-state index in [9.17, 15) is 0 Å². The maximum atomic E-state index is 8.26. The second kappa shape index (κ2) is 84.4. The molecular weight excluding hydrogens is 1450 g/mol. The van der Waals surface area contributed by atoms with E-state index in [-0.39, 0.29) is 54.0 Å². The first-order chi connectivity index (χ1) is 31.5. The summed E-state index contributed by atoms with van der Waals surface area (Å²) in [5.41, 5.74) is -9.42. The van der Waals surface area contributed by atoms with Crippen molar-refractivity contribution in [1.29, 1.82) is 0 Å². The van der Waals surface area contributed by atoms with Gasteiger partial charge in [0, 0.05) is 0 Å². The van der Waals surface area contributed by atoms with Gasteiger partial charge in [-0.3, -0.25) is 0 Å². The van der Waals surface area contributed by atoms with Crippen LogP contribution < -0.4 is 0 Å². The Hall–Kier alpha value is 6.54. The van der Waals surface area contributed by atoms with E-state index < -0.39 is 22.8 Å². The van der Waals surface area contributed by atoms with E-state index >= 15 is 0 Å². The van der Waals surface area contributed by atoms with Crippen LogP contribution in [0.4, 0.5) is 0 Å². The zero-order valence-electron chi connectivity index (χ0n) is 43.0. The van der Waals surface area contributed by atoms with Gasteiger partial charge in [-0.25, -0.2) is 0 Å². The van der Waals surface area contributed by atoms with E-state index in [1.165, 1.54) is 103 Å². The predicted octanol–water partition coefficient (Wildman–Crippen LogP) is 16.3. The molecule has 0 spiro atoms. The SMILES string of the molecule is CCCCCOP(=S)([S-])OCCCCC.CCCCCOP(=S)([S-])OCCCCC.CCCCCOP(=S)([S-])OCCCCC.CCCCCOP(=S)([S-])OCCCCC.[O]=[Mo+4].[O]=[Mo+4].[O]=[Mo+4].[S-2].[S-2].[S-2].[S-2]. The molecule has 0 radical (unpaired) electrons. The van der Waals surface area contributed by atoms with Crippen LogP contribution >= 0.6 is 22.8 Å². The van der Waals surface area contributed by atoms with E-state index in [1.807, 2.05) is 0 Å². The van der Waals surface area contributed by atoms with Gasteiger partial charge in [0.2, 0.25) is 0 Å². The molecule has 0 amide bonds. The maximum absolute atomic E-state index is 8.26. The summed E-state index contributed by atoms with van der Waals surface area (Å²) in [6, 6.07) is 0. The Morgan fingerprint density at radius 3 is 0.414 bits per heavy atom. The summed E-state index contributed by atoms with van der Waals surface area (Å²) in [7, 11) is 0. The van der Waals surface area contributed by atoms with E-state index in [0.29, 0.717) is 112 Å². The fraction of sp³-hybridized carbons (Fsp3) is 1.00. The van der Waals surface area contributed by atoms with Crippen LogP contribution in [0.15, 0.2) is 0 Å². The van der Waals surface area contributed by atoms with Crippen LogP contribution in [-0.4, -0.2) is 52.9 Å². The molecule has 0 atom stereocenters. The Bertz CT molecular complexity index is 928. The van der Waals surface area contributed by atoms with Crippen molar-refractivity contribution in [3.8, 4) is 0 Å². The van der Waals surface area contributed by atoms with Crippen LogP contribution in [-0.2, 0) is 256 Å². The van der Waals surface area contributed by atoms with Gasteiger partial charge in [-0.15, -0.1) is 0 Å². The predicted molar refractivity (Wildman–Crippen MR) is 322 cm³/mol. The molecule has 424 valence electrons. The molecule has 0 fully saturated rings. The van der Waals surface area contributed by atoms with Crippen molar-refractivity contribution in [2.24, 2.45) is 0 Å². The molecule has 0 rings (SSSR count). The molecule has 11 nitrogen and oxygen atoms in total. The first kappa shape index (κ1) is 102. The van der Waals surface area contributed by atoms with Gasteiger partial charge in [-0.2, -0.15) is 0 Å². The quantitative estimate of drug-likeness (QED) is 0.0250. The zero-order chi connectivity index (χ0) is 52.3. The summed E-state index contributed by atoms with van der Waals surface area (Å²) in [4.78, 5) is 0. The average Bonchev–Trinajstić information content (AvgIpc) is 3.30. The summed E-state index contributed by atoms with van der Waals surface area (Å²) >= 11 is 43.1. The van der Waals surface area contributed by atoms with Gasteiger partial charge in [0.1, 0.15) is 0 Å². The second-order valence-electron chi connectivity index (χ2n) is 14.1. The standard InChI is InChI=1S/4C10H23O2PS2.3Mo.3O.4S/c4*1-3-5-7-9-11-13(14,15)12-10-8-6-4-2;;;;;;;;;;/h4*3-10H2,1-2H3,(H,14,15);;;;;;;;;;/q;;;;3*+4;;;;4*-2/p-4. The summed E-state index contributed by atoms with van der Waals surface area (Å²) in [6.45, 7) is 22.5. The number of unbranched alkanes of at least 4 members (excludes halogenated alkanes) is 16. The first-order valence-electron chi connectivity index (χ1n) is 23.4.